The van der Waals surface area contributed by atoms with Crippen molar-refractivity contribution in [2.75, 3.05) is 18.1 Å². The average Bonchev–Trinajstić information content (AvgIpc) is 2.38. The third kappa shape index (κ3) is 2.28. The summed E-state index contributed by atoms with van der Waals surface area (Å²) in [6.45, 7) is 5.29. The molecule has 0 atom stereocenters. The van der Waals surface area contributed by atoms with E-state index in [1.165, 1.54) is 4.90 Å². The molecule has 19 heavy (non-hydrogen) atoms. The molecule has 1 aromatic carbocycles. The van der Waals surface area contributed by atoms with E-state index in [0.29, 0.717) is 11.4 Å². The van der Waals surface area contributed by atoms with Gasteiger partial charge in [-0.2, -0.15) is 0 Å². The molecule has 1 amide bonds. The molecule has 0 radical (unpaired) electrons. The monoisotopic (exact) mass is 263 g/mol. The van der Waals surface area contributed by atoms with Crippen molar-refractivity contribution in [1.82, 2.24) is 0 Å². The molecule has 1 aliphatic rings. The minimum atomic E-state index is -1.06. The summed E-state index contributed by atoms with van der Waals surface area (Å²) in [4.78, 5) is 25.6. The smallest absolute Gasteiger partial charge is 0.331 e. The highest BCUT2D eigenvalue weighted by Crippen LogP contribution is 2.36. The fourth-order valence-electron chi connectivity index (χ4n) is 2.11. The Kier molecular flexibility index (Phi) is 3.46. The van der Waals surface area contributed by atoms with E-state index in [9.17, 15) is 9.59 Å². The predicted octanol–water partition coefficient (Wildman–Crippen LogP) is 1.75. The van der Waals surface area contributed by atoms with Crippen LogP contribution in [0.2, 0.25) is 0 Å². The van der Waals surface area contributed by atoms with Crippen LogP contribution in [0.1, 0.15) is 20.8 Å². The molecule has 0 aromatic heterocycles. The number of rotatable bonds is 3. The maximum atomic E-state index is 12.1. The first kappa shape index (κ1) is 13.4. The number of benzene rings is 1. The summed E-state index contributed by atoms with van der Waals surface area (Å²) in [5.74, 6) is -0.0868. The van der Waals surface area contributed by atoms with E-state index in [1.807, 2.05) is 6.07 Å². The molecule has 0 bridgehead atoms. The van der Waals surface area contributed by atoms with Crippen LogP contribution in [-0.4, -0.2) is 30.6 Å². The van der Waals surface area contributed by atoms with E-state index in [1.54, 1.807) is 39.0 Å². The van der Waals surface area contributed by atoms with Crippen molar-refractivity contribution in [3.63, 3.8) is 0 Å². The van der Waals surface area contributed by atoms with Gasteiger partial charge in [0.15, 0.2) is 6.61 Å². The summed E-state index contributed by atoms with van der Waals surface area (Å²) in [7, 11) is 0. The van der Waals surface area contributed by atoms with E-state index in [4.69, 9.17) is 9.47 Å². The van der Waals surface area contributed by atoms with Crippen LogP contribution in [0.15, 0.2) is 24.3 Å². The predicted molar refractivity (Wildman–Crippen MR) is 70.1 cm³/mol. The number of esters is 1. The number of anilines is 1. The van der Waals surface area contributed by atoms with Crippen molar-refractivity contribution in [3.05, 3.63) is 24.3 Å². The lowest BCUT2D eigenvalue weighted by Gasteiger charge is -2.39. The lowest BCUT2D eigenvalue weighted by atomic mass is 10.0. The summed E-state index contributed by atoms with van der Waals surface area (Å²) < 4.78 is 10.4. The summed E-state index contributed by atoms with van der Waals surface area (Å²) in [5.41, 5.74) is -0.468. The van der Waals surface area contributed by atoms with Crippen molar-refractivity contribution in [2.45, 2.75) is 26.3 Å². The maximum absolute atomic E-state index is 12.1. The second-order valence-corrected chi connectivity index (χ2v) is 4.77. The van der Waals surface area contributed by atoms with Crippen LogP contribution in [0.5, 0.6) is 5.75 Å². The Morgan fingerprint density at radius 1 is 1.42 bits per heavy atom. The van der Waals surface area contributed by atoms with E-state index < -0.39 is 11.5 Å². The molecule has 0 fully saturated rings. The molecule has 5 nitrogen and oxygen atoms in total. The fraction of sp³-hybridized carbons (Fsp3) is 0.429. The molecular weight excluding hydrogens is 246 g/mol. The van der Waals surface area contributed by atoms with Gasteiger partial charge in [0.2, 0.25) is 0 Å². The van der Waals surface area contributed by atoms with Crippen LogP contribution < -0.4 is 9.64 Å². The van der Waals surface area contributed by atoms with E-state index in [0.717, 1.165) is 0 Å². The van der Waals surface area contributed by atoms with E-state index in [-0.39, 0.29) is 19.1 Å². The average molecular weight is 263 g/mol. The normalized spacial score (nSPS) is 14.7. The molecule has 0 spiro atoms. The lowest BCUT2D eigenvalue weighted by Crippen LogP contribution is -2.57. The Labute approximate surface area is 112 Å². The van der Waals surface area contributed by atoms with Gasteiger partial charge in [-0.15, -0.1) is 0 Å². The van der Waals surface area contributed by atoms with Crippen LogP contribution in [0.4, 0.5) is 5.69 Å². The van der Waals surface area contributed by atoms with Crippen molar-refractivity contribution in [3.8, 4) is 5.75 Å². The Morgan fingerprint density at radius 3 is 2.79 bits per heavy atom. The summed E-state index contributed by atoms with van der Waals surface area (Å²) in [6.07, 6.45) is 0. The summed E-state index contributed by atoms with van der Waals surface area (Å²) in [5, 5.41) is 0. The van der Waals surface area contributed by atoms with Crippen LogP contribution in [0.3, 0.4) is 0 Å². The van der Waals surface area contributed by atoms with E-state index in [2.05, 4.69) is 0 Å². The van der Waals surface area contributed by atoms with Gasteiger partial charge in [0.05, 0.1) is 12.3 Å². The quantitative estimate of drug-likeness (QED) is 0.780. The number of para-hydroxylation sites is 2. The van der Waals surface area contributed by atoms with Crippen molar-refractivity contribution in [1.29, 1.82) is 0 Å². The lowest BCUT2D eigenvalue weighted by molar-refractivity contribution is -0.150. The molecule has 2 rings (SSSR count). The van der Waals surface area contributed by atoms with Crippen molar-refractivity contribution < 1.29 is 19.1 Å². The van der Waals surface area contributed by atoms with Gasteiger partial charge >= 0.3 is 5.97 Å². The number of ether oxygens (including phenoxy) is 2. The van der Waals surface area contributed by atoms with Gasteiger partial charge in [-0.1, -0.05) is 12.1 Å². The standard InChI is InChI=1S/C14H17NO4/c1-4-18-13(17)14(2,3)15-10-7-5-6-8-11(10)19-9-12(15)16/h5-8H,4,9H2,1-3H3. The van der Waals surface area contributed by atoms with Gasteiger partial charge in [-0.05, 0) is 32.9 Å². The van der Waals surface area contributed by atoms with Gasteiger partial charge in [-0.3, -0.25) is 9.69 Å². The Bertz CT molecular complexity index is 510. The Morgan fingerprint density at radius 2 is 2.11 bits per heavy atom. The zero-order valence-corrected chi connectivity index (χ0v) is 11.3. The zero-order chi connectivity index (χ0) is 14.0. The van der Waals surface area contributed by atoms with Crippen LogP contribution in [0, 0.1) is 0 Å². The number of hydrogen-bond acceptors (Lipinski definition) is 4. The van der Waals surface area contributed by atoms with Gasteiger partial charge in [0.25, 0.3) is 5.91 Å². The number of amides is 1. The zero-order valence-electron chi connectivity index (χ0n) is 11.3. The third-order valence-corrected chi connectivity index (χ3v) is 3.04. The topological polar surface area (TPSA) is 55.8 Å². The molecule has 0 saturated carbocycles. The minimum Gasteiger partial charge on any atom is -0.482 e. The molecule has 102 valence electrons. The number of carbonyl (C=O) groups is 2. The minimum absolute atomic E-state index is 0.0696. The first-order valence-electron chi connectivity index (χ1n) is 6.20. The second kappa shape index (κ2) is 4.91. The Hall–Kier alpha value is -2.04. The number of carbonyl (C=O) groups excluding carboxylic acids is 2. The molecule has 1 aliphatic heterocycles. The molecule has 0 aliphatic carbocycles. The molecule has 0 N–H and O–H groups in total. The molecule has 1 aromatic rings. The first-order chi connectivity index (χ1) is 8.98. The summed E-state index contributed by atoms with van der Waals surface area (Å²) >= 11 is 0. The molecule has 0 unspecified atom stereocenters. The van der Waals surface area contributed by atoms with Gasteiger partial charge < -0.3 is 9.47 Å². The highest BCUT2D eigenvalue weighted by molar-refractivity contribution is 6.04. The van der Waals surface area contributed by atoms with Crippen molar-refractivity contribution >= 4 is 17.6 Å². The maximum Gasteiger partial charge on any atom is 0.331 e. The van der Waals surface area contributed by atoms with Gasteiger partial charge in [-0.25, -0.2) is 4.79 Å². The molecular formula is C14H17NO4. The number of nitrogens with zero attached hydrogens (tertiary/aromatic N) is 1. The van der Waals surface area contributed by atoms with Crippen LogP contribution in [-0.2, 0) is 14.3 Å². The molecule has 1 heterocycles. The van der Waals surface area contributed by atoms with E-state index >= 15 is 0 Å². The Balaban J connectivity index is 2.43. The highest BCUT2D eigenvalue weighted by Gasteiger charge is 2.43. The third-order valence-electron chi connectivity index (χ3n) is 3.04. The number of hydrogen-bond donors (Lipinski definition) is 0. The first-order valence-corrected chi connectivity index (χ1v) is 6.20. The van der Waals surface area contributed by atoms with Crippen LogP contribution in [0.25, 0.3) is 0 Å². The highest BCUT2D eigenvalue weighted by atomic mass is 16.5. The number of fused-ring (bicyclic) bond motifs is 1. The molecule has 5 heteroatoms. The van der Waals surface area contributed by atoms with Gasteiger partial charge in [0, 0.05) is 0 Å². The second-order valence-electron chi connectivity index (χ2n) is 4.77. The van der Waals surface area contributed by atoms with Crippen LogP contribution >= 0.6 is 0 Å². The molecule has 0 saturated heterocycles. The summed E-state index contributed by atoms with van der Waals surface area (Å²) in [6, 6.07) is 7.16. The largest absolute Gasteiger partial charge is 0.482 e. The SMILES string of the molecule is CCOC(=O)C(C)(C)N1C(=O)COc2ccccc21. The fourth-order valence-corrected chi connectivity index (χ4v) is 2.11. The van der Waals surface area contributed by atoms with Crippen molar-refractivity contribution in [2.24, 2.45) is 0 Å². The van der Waals surface area contributed by atoms with Gasteiger partial charge in [0.1, 0.15) is 11.3 Å².